The lowest BCUT2D eigenvalue weighted by Crippen LogP contribution is -2.22. The van der Waals surface area contributed by atoms with Gasteiger partial charge in [0.05, 0.1) is 0 Å². The average Bonchev–Trinajstić information content (AvgIpc) is 2.55. The topological polar surface area (TPSA) is 36.9 Å². The fourth-order valence-electron chi connectivity index (χ4n) is 1.95. The first-order chi connectivity index (χ1) is 12.4. The molecule has 0 aliphatic heterocycles. The smallest absolute Gasteiger partial charge is 0.169 e. The Labute approximate surface area is 167 Å². The summed E-state index contributed by atoms with van der Waals surface area (Å²) >= 11 is 0. The molecular weight excluding hydrogens is 340 g/mol. The lowest BCUT2D eigenvalue weighted by atomic mass is 10.0. The van der Waals surface area contributed by atoms with Gasteiger partial charge in [0.25, 0.3) is 0 Å². The standard InChI is InChI=1S/C17H28O4.C6H14/c1-12(2)14-11-13(18-20-16(3,4)5)9-10-15(14)19-21-17(6,7)8;1-3-5-6-4-2/h9-12H,1-8H3;3-6H2,1-2H3. The molecule has 0 aliphatic carbocycles. The fraction of sp³-hybridized carbons (Fsp3) is 0.739. The van der Waals surface area contributed by atoms with Crippen LogP contribution in [0.25, 0.3) is 0 Å². The zero-order valence-electron chi connectivity index (χ0n) is 19.3. The van der Waals surface area contributed by atoms with Gasteiger partial charge in [-0.05, 0) is 65.7 Å². The molecule has 0 fully saturated rings. The minimum absolute atomic E-state index is 0.279. The van der Waals surface area contributed by atoms with Gasteiger partial charge >= 0.3 is 0 Å². The summed E-state index contributed by atoms with van der Waals surface area (Å²) in [6, 6.07) is 5.55. The van der Waals surface area contributed by atoms with Crippen molar-refractivity contribution in [2.45, 2.75) is 112 Å². The highest BCUT2D eigenvalue weighted by Gasteiger charge is 2.18. The van der Waals surface area contributed by atoms with E-state index >= 15 is 0 Å². The maximum atomic E-state index is 5.47. The van der Waals surface area contributed by atoms with E-state index < -0.39 is 0 Å². The van der Waals surface area contributed by atoms with Crippen LogP contribution in [0.5, 0.6) is 11.5 Å². The molecule has 0 aromatic heterocycles. The Kier molecular flexibility index (Phi) is 11.7. The van der Waals surface area contributed by atoms with Crippen molar-refractivity contribution >= 4 is 0 Å². The van der Waals surface area contributed by atoms with Crippen LogP contribution in [0.4, 0.5) is 0 Å². The molecule has 27 heavy (non-hydrogen) atoms. The van der Waals surface area contributed by atoms with Crippen LogP contribution in [-0.2, 0) is 9.78 Å². The molecule has 1 rings (SSSR count). The molecule has 0 unspecified atom stereocenters. The average molecular weight is 383 g/mol. The van der Waals surface area contributed by atoms with Crippen molar-refractivity contribution in [1.82, 2.24) is 0 Å². The molecule has 4 heteroatoms. The van der Waals surface area contributed by atoms with Crippen LogP contribution in [0.2, 0.25) is 0 Å². The Hall–Kier alpha value is -1.26. The van der Waals surface area contributed by atoms with Crippen LogP contribution in [0.3, 0.4) is 0 Å². The minimum atomic E-state index is -0.362. The molecule has 0 amide bonds. The monoisotopic (exact) mass is 382 g/mol. The van der Waals surface area contributed by atoms with Gasteiger partial charge in [-0.1, -0.05) is 53.4 Å². The molecule has 0 atom stereocenters. The highest BCUT2D eigenvalue weighted by molar-refractivity contribution is 5.41. The predicted molar refractivity (Wildman–Crippen MR) is 113 cm³/mol. The van der Waals surface area contributed by atoms with E-state index in [0.717, 1.165) is 5.56 Å². The van der Waals surface area contributed by atoms with E-state index in [2.05, 4.69) is 27.7 Å². The number of hydrogen-bond donors (Lipinski definition) is 0. The van der Waals surface area contributed by atoms with Crippen molar-refractivity contribution in [3.8, 4) is 11.5 Å². The predicted octanol–water partition coefficient (Wildman–Crippen LogP) is 7.61. The van der Waals surface area contributed by atoms with Crippen LogP contribution < -0.4 is 9.78 Å². The molecule has 0 radical (unpaired) electrons. The highest BCUT2D eigenvalue weighted by atomic mass is 17.2. The van der Waals surface area contributed by atoms with Crippen molar-refractivity contribution in [1.29, 1.82) is 0 Å². The van der Waals surface area contributed by atoms with E-state index in [1.54, 1.807) is 6.07 Å². The van der Waals surface area contributed by atoms with Gasteiger partial charge in [0.1, 0.15) is 11.2 Å². The molecule has 0 heterocycles. The normalized spacial score (nSPS) is 11.8. The largest absolute Gasteiger partial charge is 0.337 e. The van der Waals surface area contributed by atoms with Crippen molar-refractivity contribution in [3.63, 3.8) is 0 Å². The van der Waals surface area contributed by atoms with Crippen molar-refractivity contribution in [2.75, 3.05) is 0 Å². The Balaban J connectivity index is 0.000000972. The van der Waals surface area contributed by atoms with Gasteiger partial charge < -0.3 is 9.78 Å². The molecule has 0 saturated heterocycles. The van der Waals surface area contributed by atoms with E-state index in [-0.39, 0.29) is 17.1 Å². The van der Waals surface area contributed by atoms with Gasteiger partial charge in [-0.3, -0.25) is 0 Å². The molecule has 0 N–H and O–H groups in total. The Morgan fingerprint density at radius 2 is 1.26 bits per heavy atom. The second kappa shape index (κ2) is 12.2. The third kappa shape index (κ3) is 13.5. The number of benzene rings is 1. The van der Waals surface area contributed by atoms with Crippen molar-refractivity contribution in [2.24, 2.45) is 0 Å². The summed E-state index contributed by atoms with van der Waals surface area (Å²) in [5.41, 5.74) is 0.288. The quantitative estimate of drug-likeness (QED) is 0.263. The first-order valence-corrected chi connectivity index (χ1v) is 10.2. The van der Waals surface area contributed by atoms with E-state index in [0.29, 0.717) is 11.5 Å². The van der Waals surface area contributed by atoms with Gasteiger partial charge in [0.2, 0.25) is 0 Å². The van der Waals surface area contributed by atoms with E-state index in [1.165, 1.54) is 25.7 Å². The third-order valence-corrected chi connectivity index (χ3v) is 3.33. The van der Waals surface area contributed by atoms with Gasteiger partial charge in [-0.15, -0.1) is 0 Å². The lowest BCUT2D eigenvalue weighted by Gasteiger charge is -2.21. The first-order valence-electron chi connectivity index (χ1n) is 10.2. The van der Waals surface area contributed by atoms with E-state index in [4.69, 9.17) is 19.6 Å². The summed E-state index contributed by atoms with van der Waals surface area (Å²) in [6.45, 7) is 20.3. The molecule has 0 spiro atoms. The number of hydrogen-bond acceptors (Lipinski definition) is 4. The lowest BCUT2D eigenvalue weighted by molar-refractivity contribution is -0.277. The van der Waals surface area contributed by atoms with Gasteiger partial charge in [0, 0.05) is 5.56 Å². The van der Waals surface area contributed by atoms with Crippen LogP contribution in [0, 0.1) is 0 Å². The van der Waals surface area contributed by atoms with Crippen molar-refractivity contribution in [3.05, 3.63) is 23.8 Å². The maximum Gasteiger partial charge on any atom is 0.169 e. The number of unbranched alkanes of at least 4 members (excludes halogenated alkanes) is 3. The molecule has 4 nitrogen and oxygen atoms in total. The van der Waals surface area contributed by atoms with E-state index in [1.807, 2.05) is 53.7 Å². The Bertz CT molecular complexity index is 506. The fourth-order valence-corrected chi connectivity index (χ4v) is 1.95. The minimum Gasteiger partial charge on any atom is -0.337 e. The van der Waals surface area contributed by atoms with Crippen LogP contribution >= 0.6 is 0 Å². The van der Waals surface area contributed by atoms with E-state index in [9.17, 15) is 0 Å². The van der Waals surface area contributed by atoms with Gasteiger partial charge in [-0.25, -0.2) is 0 Å². The Morgan fingerprint density at radius 1 is 0.778 bits per heavy atom. The number of rotatable bonds is 8. The molecule has 1 aromatic carbocycles. The van der Waals surface area contributed by atoms with Crippen LogP contribution in [0.1, 0.15) is 106 Å². The highest BCUT2D eigenvalue weighted by Crippen LogP contribution is 2.32. The zero-order chi connectivity index (χ0) is 21.1. The summed E-state index contributed by atoms with van der Waals surface area (Å²) in [4.78, 5) is 21.6. The summed E-state index contributed by atoms with van der Waals surface area (Å²) in [5.74, 6) is 1.63. The maximum absolute atomic E-state index is 5.47. The molecule has 0 bridgehead atoms. The van der Waals surface area contributed by atoms with Gasteiger partial charge in [0.15, 0.2) is 11.5 Å². The molecule has 158 valence electrons. The second-order valence-electron chi connectivity index (χ2n) is 9.12. The molecule has 0 saturated carbocycles. The summed E-state index contributed by atoms with van der Waals surface area (Å²) in [6.07, 6.45) is 5.54. The van der Waals surface area contributed by atoms with Crippen molar-refractivity contribution < 1.29 is 19.6 Å². The third-order valence-electron chi connectivity index (χ3n) is 3.33. The zero-order valence-corrected chi connectivity index (χ0v) is 19.3. The van der Waals surface area contributed by atoms with Gasteiger partial charge in [-0.2, -0.15) is 9.78 Å². The van der Waals surface area contributed by atoms with Crippen LogP contribution in [0.15, 0.2) is 18.2 Å². The van der Waals surface area contributed by atoms with Crippen LogP contribution in [-0.4, -0.2) is 11.2 Å². The molecule has 0 aliphatic rings. The first kappa shape index (κ1) is 25.7. The summed E-state index contributed by atoms with van der Waals surface area (Å²) < 4.78 is 0. The molecule has 1 aromatic rings. The molecular formula is C23H42O4. The summed E-state index contributed by atoms with van der Waals surface area (Å²) in [7, 11) is 0. The SMILES string of the molecule is CC(C)c1cc(OOC(C)(C)C)ccc1OOC(C)(C)C.CCCCCC. The second-order valence-corrected chi connectivity index (χ2v) is 9.12. The Morgan fingerprint density at radius 3 is 1.67 bits per heavy atom. The summed E-state index contributed by atoms with van der Waals surface area (Å²) in [5, 5.41) is 0.